The minimum absolute atomic E-state index is 0.424. The van der Waals surface area contributed by atoms with Gasteiger partial charge in [0, 0.05) is 44.1 Å². The van der Waals surface area contributed by atoms with Gasteiger partial charge in [0.05, 0.1) is 57.0 Å². The van der Waals surface area contributed by atoms with Gasteiger partial charge in [0.1, 0.15) is 0 Å². The van der Waals surface area contributed by atoms with Crippen molar-refractivity contribution in [2.75, 3.05) is 71.9 Å². The van der Waals surface area contributed by atoms with E-state index in [0.29, 0.717) is 50.9 Å². The minimum Gasteiger partial charge on any atom is -0.382 e. The zero-order chi connectivity index (χ0) is 22.3. The molecule has 1 N–H and O–H groups in total. The molecule has 0 unspecified atom stereocenters. The number of ether oxygens (including phenoxy) is 4. The smallest absolute Gasteiger partial charge is 0.0991 e. The SMILES string of the molecule is COCCOCCN(CCOCCOC)c1ccc(C(=N)c2ccc(C#N)cc2)cc1. The van der Waals surface area contributed by atoms with Crippen LogP contribution in [0.5, 0.6) is 0 Å². The maximum Gasteiger partial charge on any atom is 0.0991 e. The summed E-state index contributed by atoms with van der Waals surface area (Å²) < 4.78 is 21.3. The highest BCUT2D eigenvalue weighted by molar-refractivity contribution is 6.11. The molecule has 0 radical (unpaired) electrons. The molecule has 0 atom stereocenters. The number of nitriles is 1. The van der Waals surface area contributed by atoms with Crippen molar-refractivity contribution in [1.29, 1.82) is 10.7 Å². The van der Waals surface area contributed by atoms with E-state index in [-0.39, 0.29) is 0 Å². The lowest BCUT2D eigenvalue weighted by atomic mass is 10.0. The molecule has 0 aliphatic rings. The van der Waals surface area contributed by atoms with Crippen LogP contribution in [0.25, 0.3) is 0 Å². The second-order valence-electron chi connectivity index (χ2n) is 6.81. The fourth-order valence-corrected chi connectivity index (χ4v) is 2.93. The second-order valence-corrected chi connectivity index (χ2v) is 6.81. The summed E-state index contributed by atoms with van der Waals surface area (Å²) >= 11 is 0. The summed E-state index contributed by atoms with van der Waals surface area (Å²) in [5.41, 5.74) is 3.65. The monoisotopic (exact) mass is 425 g/mol. The number of methoxy groups -OCH3 is 2. The molecule has 0 aliphatic heterocycles. The van der Waals surface area contributed by atoms with Crippen LogP contribution in [0.3, 0.4) is 0 Å². The van der Waals surface area contributed by atoms with E-state index in [4.69, 9.17) is 29.6 Å². The highest BCUT2D eigenvalue weighted by atomic mass is 16.5. The largest absolute Gasteiger partial charge is 0.382 e. The molecule has 0 fully saturated rings. The molecule has 31 heavy (non-hydrogen) atoms. The second kappa shape index (κ2) is 14.3. The van der Waals surface area contributed by atoms with Crippen LogP contribution < -0.4 is 4.90 Å². The van der Waals surface area contributed by atoms with Crippen molar-refractivity contribution in [2.24, 2.45) is 0 Å². The summed E-state index contributed by atoms with van der Waals surface area (Å²) in [6, 6.07) is 17.1. The lowest BCUT2D eigenvalue weighted by Crippen LogP contribution is -2.31. The van der Waals surface area contributed by atoms with Gasteiger partial charge in [0.2, 0.25) is 0 Å². The molecule has 2 rings (SSSR count). The molecule has 0 aliphatic carbocycles. The van der Waals surface area contributed by atoms with Crippen LogP contribution in [0, 0.1) is 16.7 Å². The topological polar surface area (TPSA) is 87.8 Å². The Morgan fingerprint density at radius 3 is 1.71 bits per heavy atom. The summed E-state index contributed by atoms with van der Waals surface area (Å²) in [5.74, 6) is 0. The highest BCUT2D eigenvalue weighted by Gasteiger charge is 2.10. The first-order valence-corrected chi connectivity index (χ1v) is 10.3. The average Bonchev–Trinajstić information content (AvgIpc) is 2.82. The van der Waals surface area contributed by atoms with Gasteiger partial charge in [-0.05, 0) is 24.3 Å². The van der Waals surface area contributed by atoms with E-state index in [1.54, 1.807) is 38.5 Å². The van der Waals surface area contributed by atoms with Gasteiger partial charge in [-0.3, -0.25) is 5.41 Å². The Hall–Kier alpha value is -2.76. The molecule has 7 heteroatoms. The van der Waals surface area contributed by atoms with Crippen molar-refractivity contribution in [3.05, 3.63) is 65.2 Å². The first-order chi connectivity index (χ1) is 15.2. The average molecular weight is 426 g/mol. The van der Waals surface area contributed by atoms with Gasteiger partial charge in [-0.1, -0.05) is 24.3 Å². The molecule has 0 spiro atoms. The number of rotatable bonds is 15. The Bertz CT molecular complexity index is 802. The van der Waals surface area contributed by atoms with Crippen molar-refractivity contribution >= 4 is 11.4 Å². The molecule has 166 valence electrons. The first kappa shape index (κ1) is 24.5. The third-order valence-corrected chi connectivity index (χ3v) is 4.70. The predicted octanol–water partition coefficient (Wildman–Crippen LogP) is 3.11. The number of hydrogen-bond donors (Lipinski definition) is 1. The number of nitrogens with one attached hydrogen (secondary N) is 1. The third kappa shape index (κ3) is 8.48. The molecule has 2 aromatic carbocycles. The molecule has 0 saturated carbocycles. The highest BCUT2D eigenvalue weighted by Crippen LogP contribution is 2.18. The zero-order valence-electron chi connectivity index (χ0n) is 18.3. The van der Waals surface area contributed by atoms with Crippen molar-refractivity contribution in [3.63, 3.8) is 0 Å². The molecular formula is C24H31N3O4. The van der Waals surface area contributed by atoms with Crippen molar-refractivity contribution < 1.29 is 18.9 Å². The van der Waals surface area contributed by atoms with Gasteiger partial charge in [-0.2, -0.15) is 5.26 Å². The van der Waals surface area contributed by atoms with E-state index in [2.05, 4.69) is 11.0 Å². The van der Waals surface area contributed by atoms with E-state index < -0.39 is 0 Å². The molecule has 0 bridgehead atoms. The molecule has 0 amide bonds. The molecule has 2 aromatic rings. The van der Waals surface area contributed by atoms with E-state index >= 15 is 0 Å². The van der Waals surface area contributed by atoms with Crippen LogP contribution >= 0.6 is 0 Å². The number of anilines is 1. The summed E-state index contributed by atoms with van der Waals surface area (Å²) in [5, 5.41) is 17.4. The van der Waals surface area contributed by atoms with Crippen LogP contribution in [0.4, 0.5) is 5.69 Å². The third-order valence-electron chi connectivity index (χ3n) is 4.70. The Morgan fingerprint density at radius 1 is 0.774 bits per heavy atom. The summed E-state index contributed by atoms with van der Waals surface area (Å²) in [4.78, 5) is 2.20. The fourth-order valence-electron chi connectivity index (χ4n) is 2.93. The maximum absolute atomic E-state index is 8.94. The zero-order valence-corrected chi connectivity index (χ0v) is 18.3. The molecule has 0 aromatic heterocycles. The van der Waals surface area contributed by atoms with Gasteiger partial charge >= 0.3 is 0 Å². The maximum atomic E-state index is 8.94. The predicted molar refractivity (Wildman–Crippen MR) is 121 cm³/mol. The van der Waals surface area contributed by atoms with E-state index in [0.717, 1.165) is 29.9 Å². The van der Waals surface area contributed by atoms with Crippen molar-refractivity contribution in [3.8, 4) is 6.07 Å². The van der Waals surface area contributed by atoms with Crippen LogP contribution in [-0.4, -0.2) is 72.7 Å². The van der Waals surface area contributed by atoms with Crippen LogP contribution in [0.15, 0.2) is 48.5 Å². The number of benzene rings is 2. The van der Waals surface area contributed by atoms with Gasteiger partial charge < -0.3 is 23.8 Å². The van der Waals surface area contributed by atoms with Gasteiger partial charge in [-0.25, -0.2) is 0 Å². The molecule has 0 heterocycles. The Morgan fingerprint density at radius 2 is 1.26 bits per heavy atom. The van der Waals surface area contributed by atoms with E-state index in [1.165, 1.54) is 0 Å². The lowest BCUT2D eigenvalue weighted by molar-refractivity contribution is 0.0677. The normalized spacial score (nSPS) is 10.6. The molecule has 0 saturated heterocycles. The minimum atomic E-state index is 0.424. The van der Waals surface area contributed by atoms with Crippen molar-refractivity contribution in [2.45, 2.75) is 0 Å². The van der Waals surface area contributed by atoms with Gasteiger partial charge in [0.25, 0.3) is 0 Å². The summed E-state index contributed by atoms with van der Waals surface area (Å²) in [6.07, 6.45) is 0. The lowest BCUT2D eigenvalue weighted by Gasteiger charge is -2.25. The van der Waals surface area contributed by atoms with Crippen LogP contribution in [0.1, 0.15) is 16.7 Å². The van der Waals surface area contributed by atoms with Gasteiger partial charge in [-0.15, -0.1) is 0 Å². The number of hydrogen-bond acceptors (Lipinski definition) is 7. The van der Waals surface area contributed by atoms with Crippen LogP contribution in [0.2, 0.25) is 0 Å². The van der Waals surface area contributed by atoms with E-state index in [1.807, 2.05) is 24.3 Å². The Labute approximate surface area is 184 Å². The summed E-state index contributed by atoms with van der Waals surface area (Å²) in [6.45, 7) is 4.91. The van der Waals surface area contributed by atoms with Crippen LogP contribution in [-0.2, 0) is 18.9 Å². The molecule has 7 nitrogen and oxygen atoms in total. The number of nitrogens with zero attached hydrogens (tertiary/aromatic N) is 2. The van der Waals surface area contributed by atoms with Crippen molar-refractivity contribution in [1.82, 2.24) is 0 Å². The Kier molecular flexibility index (Phi) is 11.3. The standard InChI is InChI=1S/C24H31N3O4/c1-28-15-17-30-13-11-27(12-14-31-18-16-29-2)23-9-7-22(8-10-23)24(26)21-5-3-20(19-25)4-6-21/h3-10,26H,11-18H2,1-2H3. The van der Waals surface area contributed by atoms with Gasteiger partial charge in [0.15, 0.2) is 0 Å². The fraction of sp³-hybridized carbons (Fsp3) is 0.417. The first-order valence-electron chi connectivity index (χ1n) is 10.3. The summed E-state index contributed by atoms with van der Waals surface area (Å²) in [7, 11) is 3.31. The van der Waals surface area contributed by atoms with E-state index in [9.17, 15) is 0 Å². The Balaban J connectivity index is 2.00. The quantitative estimate of drug-likeness (QED) is 0.348. The molecular weight excluding hydrogens is 394 g/mol.